The Morgan fingerprint density at radius 1 is 1.00 bits per heavy atom. The smallest absolute Gasteiger partial charge is 0.407 e. The highest BCUT2D eigenvalue weighted by Crippen LogP contribution is 2.09. The van der Waals surface area contributed by atoms with Gasteiger partial charge in [0.2, 0.25) is 0 Å². The molecule has 0 aliphatic heterocycles. The number of nitrogens with one attached hydrogen (secondary N) is 1. The van der Waals surface area contributed by atoms with Crippen molar-refractivity contribution in [2.45, 2.75) is 38.5 Å². The Kier molecular flexibility index (Phi) is 7.44. The first-order valence-corrected chi connectivity index (χ1v) is 8.40. The summed E-state index contributed by atoms with van der Waals surface area (Å²) in [6.07, 6.45) is -0.0514. The molecule has 3 N–H and O–H groups in total. The first-order chi connectivity index (χ1) is 12.1. The van der Waals surface area contributed by atoms with E-state index >= 15 is 0 Å². The minimum atomic E-state index is -0.731. The molecule has 2 unspecified atom stereocenters. The average molecular weight is 343 g/mol. The van der Waals surface area contributed by atoms with Crippen molar-refractivity contribution in [3.05, 3.63) is 71.3 Å². The molecule has 134 valence electrons. The lowest BCUT2D eigenvalue weighted by molar-refractivity contribution is 0.0955. The first-order valence-electron chi connectivity index (χ1n) is 8.40. The third kappa shape index (κ3) is 6.95. The van der Waals surface area contributed by atoms with E-state index in [1.54, 1.807) is 0 Å². The summed E-state index contributed by atoms with van der Waals surface area (Å²) in [5.74, 6) is 0. The maximum atomic E-state index is 11.8. The van der Waals surface area contributed by atoms with Gasteiger partial charge in [0.15, 0.2) is 0 Å². The lowest BCUT2D eigenvalue weighted by atomic mass is 10.0. The van der Waals surface area contributed by atoms with Crippen LogP contribution >= 0.6 is 0 Å². The van der Waals surface area contributed by atoms with E-state index in [0.717, 1.165) is 16.7 Å². The van der Waals surface area contributed by atoms with E-state index < -0.39 is 12.2 Å². The van der Waals surface area contributed by atoms with Crippen LogP contribution in [0.5, 0.6) is 0 Å². The van der Waals surface area contributed by atoms with Crippen molar-refractivity contribution in [3.63, 3.8) is 0 Å². The molecule has 0 spiro atoms. The van der Waals surface area contributed by atoms with Crippen LogP contribution in [0.4, 0.5) is 4.79 Å². The van der Waals surface area contributed by atoms with Gasteiger partial charge in [-0.1, -0.05) is 54.6 Å². The van der Waals surface area contributed by atoms with Gasteiger partial charge < -0.3 is 20.3 Å². The van der Waals surface area contributed by atoms with Crippen molar-refractivity contribution in [1.82, 2.24) is 5.32 Å². The van der Waals surface area contributed by atoms with E-state index in [0.29, 0.717) is 12.8 Å². The molecule has 2 aromatic carbocycles. The second-order valence-corrected chi connectivity index (χ2v) is 6.17. The molecule has 5 heteroatoms. The van der Waals surface area contributed by atoms with Gasteiger partial charge in [0, 0.05) is 12.5 Å². The topological polar surface area (TPSA) is 78.8 Å². The summed E-state index contributed by atoms with van der Waals surface area (Å²) in [7, 11) is 0. The molecule has 0 fully saturated rings. The lowest BCUT2D eigenvalue weighted by Gasteiger charge is -2.15. The Bertz CT molecular complexity index is 643. The molecule has 2 atom stereocenters. The Morgan fingerprint density at radius 3 is 2.20 bits per heavy atom. The van der Waals surface area contributed by atoms with Crippen molar-refractivity contribution >= 4 is 6.09 Å². The van der Waals surface area contributed by atoms with Crippen molar-refractivity contribution in [2.75, 3.05) is 6.61 Å². The minimum Gasteiger partial charge on any atom is -0.445 e. The fraction of sp³-hybridized carbons (Fsp3) is 0.350. The summed E-state index contributed by atoms with van der Waals surface area (Å²) in [4.78, 5) is 11.8. The summed E-state index contributed by atoms with van der Waals surface area (Å²) in [6.45, 7) is 1.93. The molecular weight excluding hydrogens is 318 g/mol. The van der Waals surface area contributed by atoms with E-state index in [-0.39, 0.29) is 19.3 Å². The van der Waals surface area contributed by atoms with E-state index in [1.807, 2.05) is 61.5 Å². The normalized spacial score (nSPS) is 13.1. The Labute approximate surface area is 148 Å². The Hall–Kier alpha value is -2.37. The number of benzene rings is 2. The lowest BCUT2D eigenvalue weighted by Crippen LogP contribution is -2.34. The molecule has 2 aromatic rings. The van der Waals surface area contributed by atoms with E-state index in [9.17, 15) is 9.90 Å². The van der Waals surface area contributed by atoms with Crippen LogP contribution in [0.2, 0.25) is 0 Å². The number of carbonyl (C=O) groups excluding carboxylic acids is 1. The molecule has 0 aliphatic rings. The minimum absolute atomic E-state index is 0.0582. The number of ether oxygens (including phenoxy) is 1. The first kappa shape index (κ1) is 19.0. The van der Waals surface area contributed by atoms with Crippen LogP contribution < -0.4 is 5.32 Å². The second kappa shape index (κ2) is 9.81. The summed E-state index contributed by atoms with van der Waals surface area (Å²) in [5, 5.41) is 21.1. The van der Waals surface area contributed by atoms with Crippen molar-refractivity contribution in [1.29, 1.82) is 0 Å². The van der Waals surface area contributed by atoms with Gasteiger partial charge in [0.25, 0.3) is 0 Å². The number of aliphatic hydroxyl groups is 2. The van der Waals surface area contributed by atoms with Crippen LogP contribution in [-0.2, 0) is 24.2 Å². The molecule has 0 aliphatic carbocycles. The predicted molar refractivity (Wildman–Crippen MR) is 96.2 cm³/mol. The van der Waals surface area contributed by atoms with E-state index in [4.69, 9.17) is 9.84 Å². The molecule has 0 saturated carbocycles. The van der Waals surface area contributed by atoms with Crippen LogP contribution in [0.1, 0.15) is 23.6 Å². The summed E-state index contributed by atoms with van der Waals surface area (Å²) in [5.41, 5.74) is 3.00. The molecule has 0 saturated heterocycles. The van der Waals surface area contributed by atoms with Gasteiger partial charge in [0.1, 0.15) is 6.61 Å². The zero-order valence-electron chi connectivity index (χ0n) is 14.4. The molecule has 25 heavy (non-hydrogen) atoms. The van der Waals surface area contributed by atoms with Crippen molar-refractivity contribution in [3.8, 4) is 0 Å². The van der Waals surface area contributed by atoms with Crippen LogP contribution in [0, 0.1) is 0 Å². The molecule has 0 bridgehead atoms. The number of carbonyl (C=O) groups is 1. The summed E-state index contributed by atoms with van der Waals surface area (Å²) < 4.78 is 5.21. The zero-order valence-corrected chi connectivity index (χ0v) is 14.4. The van der Waals surface area contributed by atoms with Gasteiger partial charge in [-0.15, -0.1) is 0 Å². The summed E-state index contributed by atoms with van der Waals surface area (Å²) in [6, 6.07) is 17.3. The number of alkyl carbamates (subject to hydrolysis) is 1. The largest absolute Gasteiger partial charge is 0.445 e. The van der Waals surface area contributed by atoms with Gasteiger partial charge in [-0.3, -0.25) is 0 Å². The second-order valence-electron chi connectivity index (χ2n) is 6.17. The van der Waals surface area contributed by atoms with Gasteiger partial charge in [-0.25, -0.2) is 4.79 Å². The van der Waals surface area contributed by atoms with Crippen molar-refractivity contribution < 1.29 is 19.7 Å². The van der Waals surface area contributed by atoms with Crippen LogP contribution in [0.3, 0.4) is 0 Å². The third-order valence-corrected chi connectivity index (χ3v) is 3.82. The number of hydrogen-bond acceptors (Lipinski definition) is 4. The highest BCUT2D eigenvalue weighted by Gasteiger charge is 2.10. The fourth-order valence-electron chi connectivity index (χ4n) is 2.52. The number of hydrogen-bond donors (Lipinski definition) is 3. The van der Waals surface area contributed by atoms with E-state index in [2.05, 4.69) is 5.32 Å². The monoisotopic (exact) mass is 343 g/mol. The molecule has 0 aromatic heterocycles. The SMILES string of the molecule is CC(Cc1ccc(CC(O)CO)cc1)NC(=O)OCc1ccccc1. The van der Waals surface area contributed by atoms with Crippen LogP contribution in [-0.4, -0.2) is 35.1 Å². The van der Waals surface area contributed by atoms with Gasteiger partial charge in [-0.05, 0) is 30.0 Å². The van der Waals surface area contributed by atoms with Gasteiger partial charge in [-0.2, -0.15) is 0 Å². The molecule has 1 amide bonds. The zero-order chi connectivity index (χ0) is 18.1. The van der Waals surface area contributed by atoms with Crippen LogP contribution in [0.25, 0.3) is 0 Å². The molecule has 0 radical (unpaired) electrons. The molecule has 5 nitrogen and oxygen atoms in total. The maximum absolute atomic E-state index is 11.8. The van der Waals surface area contributed by atoms with E-state index in [1.165, 1.54) is 0 Å². The van der Waals surface area contributed by atoms with Crippen LogP contribution in [0.15, 0.2) is 54.6 Å². The number of rotatable bonds is 8. The van der Waals surface area contributed by atoms with Gasteiger partial charge in [0.05, 0.1) is 12.7 Å². The predicted octanol–water partition coefficient (Wildman–Crippen LogP) is 2.44. The van der Waals surface area contributed by atoms with Crippen molar-refractivity contribution in [2.24, 2.45) is 0 Å². The number of amides is 1. The maximum Gasteiger partial charge on any atom is 0.407 e. The number of aliphatic hydroxyl groups excluding tert-OH is 2. The fourth-order valence-corrected chi connectivity index (χ4v) is 2.52. The molecule has 0 heterocycles. The van der Waals surface area contributed by atoms with Gasteiger partial charge >= 0.3 is 6.09 Å². The Balaban J connectivity index is 1.75. The quantitative estimate of drug-likeness (QED) is 0.688. The molecule has 2 rings (SSSR count). The summed E-state index contributed by atoms with van der Waals surface area (Å²) >= 11 is 0. The highest BCUT2D eigenvalue weighted by atomic mass is 16.5. The standard InChI is InChI=1S/C20H25NO4/c1-15(21-20(24)25-14-18-5-3-2-4-6-18)11-16-7-9-17(10-8-16)12-19(23)13-22/h2-10,15,19,22-23H,11-14H2,1H3,(H,21,24). The average Bonchev–Trinajstić information content (AvgIpc) is 2.62. The Morgan fingerprint density at radius 2 is 1.60 bits per heavy atom. The highest BCUT2D eigenvalue weighted by molar-refractivity contribution is 5.67. The third-order valence-electron chi connectivity index (χ3n) is 3.82. The molecular formula is C20H25NO4.